The average molecular weight is 294 g/mol. The lowest BCUT2D eigenvalue weighted by atomic mass is 10.1. The first-order valence-electron chi connectivity index (χ1n) is 6.55. The van der Waals surface area contributed by atoms with E-state index in [0.29, 0.717) is 16.8 Å². The highest BCUT2D eigenvalue weighted by molar-refractivity contribution is 6.08. The molecular formula is C16H14N4O2. The summed E-state index contributed by atoms with van der Waals surface area (Å²) in [6.07, 6.45) is 0. The highest BCUT2D eigenvalue weighted by atomic mass is 16.2. The summed E-state index contributed by atoms with van der Waals surface area (Å²) in [6, 6.07) is 14.6. The Bertz CT molecular complexity index is 736. The zero-order valence-corrected chi connectivity index (χ0v) is 11.7. The van der Waals surface area contributed by atoms with Crippen molar-refractivity contribution in [2.24, 2.45) is 5.73 Å². The first kappa shape index (κ1) is 15.2. The third kappa shape index (κ3) is 3.48. The summed E-state index contributed by atoms with van der Waals surface area (Å²) in [5.74, 6) is -0.522. The maximum atomic E-state index is 11.9. The van der Waals surface area contributed by atoms with Crippen molar-refractivity contribution in [3.63, 3.8) is 0 Å². The third-order valence-corrected chi connectivity index (χ3v) is 2.99. The Morgan fingerprint density at radius 3 is 2.45 bits per heavy atom. The molecule has 0 atom stereocenters. The number of nitrogens with one attached hydrogen (secondary N) is 2. The number of carbonyl (C=O) groups is 2. The van der Waals surface area contributed by atoms with E-state index in [0.717, 1.165) is 0 Å². The van der Waals surface area contributed by atoms with E-state index in [1.807, 2.05) is 6.07 Å². The number of carbonyl (C=O) groups excluding carboxylic acids is 2. The molecule has 2 rings (SSSR count). The zero-order valence-electron chi connectivity index (χ0n) is 11.7. The van der Waals surface area contributed by atoms with Gasteiger partial charge in [-0.15, -0.1) is 0 Å². The lowest BCUT2D eigenvalue weighted by molar-refractivity contribution is 0.0967. The molecule has 0 saturated carbocycles. The van der Waals surface area contributed by atoms with Crippen molar-refractivity contribution in [3.05, 3.63) is 65.2 Å². The summed E-state index contributed by atoms with van der Waals surface area (Å²) >= 11 is 0. The molecule has 3 amide bonds. The molecule has 110 valence electrons. The number of urea groups is 1. The van der Waals surface area contributed by atoms with Crippen LogP contribution in [0.4, 0.5) is 10.5 Å². The van der Waals surface area contributed by atoms with Gasteiger partial charge < -0.3 is 11.1 Å². The Balaban J connectivity index is 2.10. The molecule has 6 heteroatoms. The monoisotopic (exact) mass is 294 g/mol. The lowest BCUT2D eigenvalue weighted by Crippen LogP contribution is -2.34. The molecular weight excluding hydrogens is 280 g/mol. The highest BCUT2D eigenvalue weighted by Gasteiger charge is 2.13. The number of amides is 3. The Hall–Kier alpha value is -3.17. The van der Waals surface area contributed by atoms with Crippen LogP contribution in [0, 0.1) is 11.3 Å². The van der Waals surface area contributed by atoms with Crippen molar-refractivity contribution in [3.8, 4) is 6.07 Å². The van der Waals surface area contributed by atoms with Gasteiger partial charge in [-0.25, -0.2) is 4.79 Å². The van der Waals surface area contributed by atoms with E-state index >= 15 is 0 Å². The highest BCUT2D eigenvalue weighted by Crippen LogP contribution is 2.18. The summed E-state index contributed by atoms with van der Waals surface area (Å²) in [4.78, 5) is 23.7. The molecule has 0 spiro atoms. The summed E-state index contributed by atoms with van der Waals surface area (Å²) in [7, 11) is 0. The Morgan fingerprint density at radius 1 is 1.09 bits per heavy atom. The number of benzene rings is 2. The maximum absolute atomic E-state index is 11.9. The van der Waals surface area contributed by atoms with Gasteiger partial charge in [-0.1, -0.05) is 30.3 Å². The fourth-order valence-corrected chi connectivity index (χ4v) is 1.92. The van der Waals surface area contributed by atoms with Crippen LogP contribution in [0.15, 0.2) is 48.5 Å². The van der Waals surface area contributed by atoms with Crippen molar-refractivity contribution in [1.29, 1.82) is 5.26 Å². The standard InChI is InChI=1S/C16H14N4O2/c17-9-12-7-4-8-14(13(12)10-18)19-16(22)20-15(21)11-5-2-1-3-6-11/h1-8H,9,17H2,(H2,19,20,21,22). The number of rotatable bonds is 3. The van der Waals surface area contributed by atoms with Crippen LogP contribution in [-0.2, 0) is 6.54 Å². The molecule has 0 heterocycles. The fourth-order valence-electron chi connectivity index (χ4n) is 1.92. The van der Waals surface area contributed by atoms with Gasteiger partial charge in [0.25, 0.3) is 5.91 Å². The number of imide groups is 1. The van der Waals surface area contributed by atoms with Crippen molar-refractivity contribution >= 4 is 17.6 Å². The van der Waals surface area contributed by atoms with Gasteiger partial charge in [-0.3, -0.25) is 10.1 Å². The van der Waals surface area contributed by atoms with Crippen molar-refractivity contribution in [2.45, 2.75) is 6.54 Å². The van der Waals surface area contributed by atoms with E-state index in [1.165, 1.54) is 0 Å². The second-order valence-corrected chi connectivity index (χ2v) is 4.43. The third-order valence-electron chi connectivity index (χ3n) is 2.99. The van der Waals surface area contributed by atoms with E-state index < -0.39 is 11.9 Å². The molecule has 2 aromatic rings. The molecule has 0 saturated heterocycles. The topological polar surface area (TPSA) is 108 Å². The predicted molar refractivity (Wildman–Crippen MR) is 82.0 cm³/mol. The van der Waals surface area contributed by atoms with Crippen LogP contribution in [0.25, 0.3) is 0 Å². The van der Waals surface area contributed by atoms with Crippen molar-refractivity contribution in [1.82, 2.24) is 5.32 Å². The molecule has 0 bridgehead atoms. The van der Waals surface area contributed by atoms with Gasteiger partial charge in [0.05, 0.1) is 11.3 Å². The molecule has 2 aromatic carbocycles. The lowest BCUT2D eigenvalue weighted by Gasteiger charge is -2.10. The van der Waals surface area contributed by atoms with Crippen LogP contribution >= 0.6 is 0 Å². The van der Waals surface area contributed by atoms with Crippen LogP contribution in [0.2, 0.25) is 0 Å². The van der Waals surface area contributed by atoms with Gasteiger partial charge in [0.1, 0.15) is 6.07 Å². The Morgan fingerprint density at radius 2 is 1.82 bits per heavy atom. The smallest absolute Gasteiger partial charge is 0.326 e. The molecule has 22 heavy (non-hydrogen) atoms. The Labute approximate surface area is 127 Å². The molecule has 0 aromatic heterocycles. The van der Waals surface area contributed by atoms with Gasteiger partial charge in [-0.2, -0.15) is 5.26 Å². The minimum atomic E-state index is -0.709. The van der Waals surface area contributed by atoms with Gasteiger partial charge >= 0.3 is 6.03 Å². The predicted octanol–water partition coefficient (Wildman–Crippen LogP) is 1.98. The quantitative estimate of drug-likeness (QED) is 0.804. The van der Waals surface area contributed by atoms with Crippen LogP contribution in [0.5, 0.6) is 0 Å². The van der Waals surface area contributed by atoms with Crippen molar-refractivity contribution in [2.75, 3.05) is 5.32 Å². The molecule has 4 N–H and O–H groups in total. The van der Waals surface area contributed by atoms with Crippen LogP contribution in [0.3, 0.4) is 0 Å². The minimum absolute atomic E-state index is 0.184. The number of nitriles is 1. The van der Waals surface area contributed by atoms with Gasteiger partial charge in [0, 0.05) is 12.1 Å². The van der Waals surface area contributed by atoms with E-state index in [1.54, 1.807) is 48.5 Å². The van der Waals surface area contributed by atoms with Gasteiger partial charge in [0.2, 0.25) is 0 Å². The average Bonchev–Trinajstić information content (AvgIpc) is 2.55. The maximum Gasteiger partial charge on any atom is 0.326 e. The molecule has 0 aliphatic carbocycles. The van der Waals surface area contributed by atoms with Crippen molar-refractivity contribution < 1.29 is 9.59 Å². The number of nitrogens with two attached hydrogens (primary N) is 1. The Kier molecular flexibility index (Phi) is 4.85. The van der Waals surface area contributed by atoms with E-state index in [2.05, 4.69) is 10.6 Å². The number of hydrogen-bond acceptors (Lipinski definition) is 4. The molecule has 0 fully saturated rings. The second-order valence-electron chi connectivity index (χ2n) is 4.43. The first-order chi connectivity index (χ1) is 10.7. The second kappa shape index (κ2) is 7.02. The van der Waals surface area contributed by atoms with E-state index in [9.17, 15) is 9.59 Å². The molecule has 0 unspecified atom stereocenters. The van der Waals surface area contributed by atoms with Gasteiger partial charge in [0.15, 0.2) is 0 Å². The van der Waals surface area contributed by atoms with E-state index in [-0.39, 0.29) is 12.1 Å². The van der Waals surface area contributed by atoms with Crippen LogP contribution in [-0.4, -0.2) is 11.9 Å². The summed E-state index contributed by atoms with van der Waals surface area (Å²) in [6.45, 7) is 0.184. The van der Waals surface area contributed by atoms with E-state index in [4.69, 9.17) is 11.0 Å². The number of anilines is 1. The normalized spacial score (nSPS) is 9.64. The first-order valence-corrected chi connectivity index (χ1v) is 6.55. The number of hydrogen-bond donors (Lipinski definition) is 3. The number of nitrogens with zero attached hydrogens (tertiary/aromatic N) is 1. The zero-order chi connectivity index (χ0) is 15.9. The minimum Gasteiger partial charge on any atom is -0.326 e. The fraction of sp³-hybridized carbons (Fsp3) is 0.0625. The van der Waals surface area contributed by atoms with Gasteiger partial charge in [-0.05, 0) is 23.8 Å². The SMILES string of the molecule is N#Cc1c(CN)cccc1NC(=O)NC(=O)c1ccccc1. The molecule has 0 radical (unpaired) electrons. The van der Waals surface area contributed by atoms with Crippen LogP contribution < -0.4 is 16.4 Å². The summed E-state index contributed by atoms with van der Waals surface area (Å²) in [5, 5.41) is 13.9. The summed E-state index contributed by atoms with van der Waals surface area (Å²) < 4.78 is 0. The molecule has 6 nitrogen and oxygen atoms in total. The largest absolute Gasteiger partial charge is 0.326 e. The van der Waals surface area contributed by atoms with Crippen LogP contribution in [0.1, 0.15) is 21.5 Å². The molecule has 0 aliphatic heterocycles. The summed E-state index contributed by atoms with van der Waals surface area (Å²) in [5.41, 5.74) is 7.13. The molecule has 0 aliphatic rings.